The van der Waals surface area contributed by atoms with Crippen molar-refractivity contribution < 1.29 is 19.4 Å². The minimum absolute atomic E-state index is 0.0555. The van der Waals surface area contributed by atoms with E-state index in [0.717, 1.165) is 23.0 Å². The maximum Gasteiger partial charge on any atom is 0.341 e. The van der Waals surface area contributed by atoms with Gasteiger partial charge < -0.3 is 20.1 Å². The third kappa shape index (κ3) is 3.23. The summed E-state index contributed by atoms with van der Waals surface area (Å²) in [5.41, 5.74) is 2.08. The van der Waals surface area contributed by atoms with Crippen LogP contribution in [0.1, 0.15) is 43.2 Å². The van der Waals surface area contributed by atoms with Crippen molar-refractivity contribution in [3.05, 3.63) is 29.3 Å². The van der Waals surface area contributed by atoms with E-state index in [9.17, 15) is 9.59 Å². The Morgan fingerprint density at radius 2 is 1.82 bits per heavy atom. The number of amides is 2. The van der Waals surface area contributed by atoms with Crippen molar-refractivity contribution in [1.82, 2.24) is 10.2 Å². The number of carboxylic acid groups (broad SMARTS) is 1. The van der Waals surface area contributed by atoms with Crippen LogP contribution < -0.4 is 10.1 Å². The molecule has 0 radical (unpaired) electrons. The van der Waals surface area contributed by atoms with Gasteiger partial charge in [0.25, 0.3) is 0 Å². The zero-order valence-electron chi connectivity index (χ0n) is 16.1. The first-order valence-electron chi connectivity index (χ1n) is 10.6. The van der Waals surface area contributed by atoms with E-state index < -0.39 is 5.97 Å². The minimum Gasteiger partial charge on any atom is -0.482 e. The summed E-state index contributed by atoms with van der Waals surface area (Å²) in [6.07, 6.45) is 7.30. The molecule has 4 aliphatic carbocycles. The standard InChI is InChI=1S/C22H28N2O4/c25-20(26)12-28-19-3-1-2-15-11-24(5-4-18(15)19)22(27)23-21-16-7-13-6-14(9-16)10-17(21)8-13/h1-3,13-14,16-17,21H,4-12H2,(H,23,27)(H,25,26). The summed E-state index contributed by atoms with van der Waals surface area (Å²) >= 11 is 0. The Bertz CT molecular complexity index is 765. The van der Waals surface area contributed by atoms with Gasteiger partial charge in [-0.25, -0.2) is 9.59 Å². The van der Waals surface area contributed by atoms with Gasteiger partial charge in [-0.3, -0.25) is 0 Å². The average molecular weight is 384 g/mol. The first-order valence-corrected chi connectivity index (χ1v) is 10.6. The summed E-state index contributed by atoms with van der Waals surface area (Å²) in [4.78, 5) is 25.7. The Labute approximate surface area is 165 Å². The van der Waals surface area contributed by atoms with Crippen molar-refractivity contribution in [2.24, 2.45) is 23.7 Å². The van der Waals surface area contributed by atoms with Crippen LogP contribution in [0, 0.1) is 23.7 Å². The van der Waals surface area contributed by atoms with Gasteiger partial charge in [0.1, 0.15) is 5.75 Å². The van der Waals surface area contributed by atoms with Gasteiger partial charge in [-0.15, -0.1) is 0 Å². The molecule has 28 heavy (non-hydrogen) atoms. The first-order chi connectivity index (χ1) is 13.6. The van der Waals surface area contributed by atoms with Crippen LogP contribution in [0.25, 0.3) is 0 Å². The van der Waals surface area contributed by atoms with Crippen LogP contribution in [0.4, 0.5) is 4.79 Å². The molecule has 0 spiro atoms. The molecule has 6 rings (SSSR count). The molecule has 1 aromatic carbocycles. The van der Waals surface area contributed by atoms with Gasteiger partial charge in [0.15, 0.2) is 6.61 Å². The normalized spacial score (nSPS) is 32.7. The van der Waals surface area contributed by atoms with E-state index in [0.29, 0.717) is 43.1 Å². The lowest BCUT2D eigenvalue weighted by molar-refractivity contribution is -0.139. The number of nitrogens with one attached hydrogen (secondary N) is 1. The Morgan fingerprint density at radius 3 is 2.50 bits per heavy atom. The predicted molar refractivity (Wildman–Crippen MR) is 103 cm³/mol. The van der Waals surface area contributed by atoms with Gasteiger partial charge in [-0.1, -0.05) is 12.1 Å². The fourth-order valence-corrected chi connectivity index (χ4v) is 6.42. The first kappa shape index (κ1) is 17.8. The molecule has 1 aromatic rings. The highest BCUT2D eigenvalue weighted by atomic mass is 16.5. The minimum atomic E-state index is -0.981. The summed E-state index contributed by atoms with van der Waals surface area (Å²) in [5, 5.41) is 12.2. The maximum atomic E-state index is 13.0. The Morgan fingerprint density at radius 1 is 1.11 bits per heavy atom. The number of carboxylic acids is 1. The van der Waals surface area contributed by atoms with E-state index in [1.165, 1.54) is 32.1 Å². The number of hydrogen-bond donors (Lipinski definition) is 2. The van der Waals surface area contributed by atoms with E-state index in [1.807, 2.05) is 23.1 Å². The van der Waals surface area contributed by atoms with E-state index in [2.05, 4.69) is 5.32 Å². The molecular formula is C22H28N2O4. The molecule has 4 fully saturated rings. The molecular weight excluding hydrogens is 356 g/mol. The van der Waals surface area contributed by atoms with Gasteiger partial charge in [-0.05, 0) is 73.8 Å². The van der Waals surface area contributed by atoms with Crippen molar-refractivity contribution in [2.45, 2.75) is 51.1 Å². The third-order valence-electron chi connectivity index (χ3n) is 7.38. The summed E-state index contributed by atoms with van der Waals surface area (Å²) < 4.78 is 5.43. The number of benzene rings is 1. The van der Waals surface area contributed by atoms with E-state index in [4.69, 9.17) is 9.84 Å². The number of urea groups is 1. The molecule has 0 unspecified atom stereocenters. The number of fused-ring (bicyclic) bond motifs is 1. The largest absolute Gasteiger partial charge is 0.482 e. The molecule has 0 saturated heterocycles. The smallest absolute Gasteiger partial charge is 0.341 e. The van der Waals surface area contributed by atoms with Crippen molar-refractivity contribution in [3.63, 3.8) is 0 Å². The third-order valence-corrected chi connectivity index (χ3v) is 7.38. The fourth-order valence-electron chi connectivity index (χ4n) is 6.42. The second-order valence-electron chi connectivity index (χ2n) is 9.15. The Hall–Kier alpha value is -2.24. The van der Waals surface area contributed by atoms with Gasteiger partial charge in [0.05, 0.1) is 0 Å². The molecule has 1 aliphatic heterocycles. The second-order valence-corrected chi connectivity index (χ2v) is 9.15. The molecule has 2 N–H and O–H groups in total. The topological polar surface area (TPSA) is 78.9 Å². The zero-order chi connectivity index (χ0) is 19.3. The molecule has 5 aliphatic rings. The van der Waals surface area contributed by atoms with E-state index in [1.54, 1.807) is 0 Å². The fraction of sp³-hybridized carbons (Fsp3) is 0.636. The highest BCUT2D eigenvalue weighted by Crippen LogP contribution is 2.53. The van der Waals surface area contributed by atoms with Crippen LogP contribution >= 0.6 is 0 Å². The van der Waals surface area contributed by atoms with E-state index in [-0.39, 0.29) is 12.6 Å². The van der Waals surface area contributed by atoms with Gasteiger partial charge in [0, 0.05) is 24.7 Å². The van der Waals surface area contributed by atoms with Crippen LogP contribution in [0.2, 0.25) is 0 Å². The Kier molecular flexibility index (Phi) is 4.44. The molecule has 1 heterocycles. The Balaban J connectivity index is 1.24. The van der Waals surface area contributed by atoms with Crippen LogP contribution in [-0.4, -0.2) is 41.2 Å². The quantitative estimate of drug-likeness (QED) is 0.836. The van der Waals surface area contributed by atoms with Crippen LogP contribution in [0.3, 0.4) is 0 Å². The van der Waals surface area contributed by atoms with Crippen LogP contribution in [0.5, 0.6) is 5.75 Å². The molecule has 0 aromatic heterocycles. The second kappa shape index (κ2) is 6.98. The number of carbonyl (C=O) groups excluding carboxylic acids is 1. The number of aliphatic carboxylic acids is 1. The SMILES string of the molecule is O=C(O)COc1cccc2c1CCN(C(=O)NC1C3CC4CC(C3)CC1C4)C2. The lowest BCUT2D eigenvalue weighted by Crippen LogP contribution is -2.58. The predicted octanol–water partition coefficient (Wildman–Crippen LogP) is 3.04. The van der Waals surface area contributed by atoms with Gasteiger partial charge in [-0.2, -0.15) is 0 Å². The van der Waals surface area contributed by atoms with Crippen LogP contribution in [-0.2, 0) is 17.8 Å². The highest BCUT2D eigenvalue weighted by molar-refractivity contribution is 5.75. The van der Waals surface area contributed by atoms with E-state index >= 15 is 0 Å². The van der Waals surface area contributed by atoms with Gasteiger partial charge in [0.2, 0.25) is 0 Å². The van der Waals surface area contributed by atoms with Crippen molar-refractivity contribution in [2.75, 3.05) is 13.2 Å². The molecule has 4 bridgehead atoms. The van der Waals surface area contributed by atoms with Crippen molar-refractivity contribution in [3.8, 4) is 5.75 Å². The lowest BCUT2D eigenvalue weighted by atomic mass is 9.54. The summed E-state index contributed by atoms with van der Waals surface area (Å²) in [6, 6.07) is 6.10. The highest BCUT2D eigenvalue weighted by Gasteiger charge is 2.48. The number of nitrogens with zero attached hydrogens (tertiary/aromatic N) is 1. The zero-order valence-corrected chi connectivity index (χ0v) is 16.1. The molecule has 6 heteroatoms. The number of ether oxygens (including phenoxy) is 1. The molecule has 0 atom stereocenters. The van der Waals surface area contributed by atoms with Crippen LogP contribution in [0.15, 0.2) is 18.2 Å². The van der Waals surface area contributed by atoms with Crippen molar-refractivity contribution in [1.29, 1.82) is 0 Å². The summed E-state index contributed by atoms with van der Waals surface area (Å²) in [7, 11) is 0. The summed E-state index contributed by atoms with van der Waals surface area (Å²) in [6.45, 7) is 0.853. The number of hydrogen-bond acceptors (Lipinski definition) is 3. The maximum absolute atomic E-state index is 13.0. The molecule has 2 amide bonds. The average Bonchev–Trinajstić information content (AvgIpc) is 2.67. The van der Waals surface area contributed by atoms with Crippen molar-refractivity contribution >= 4 is 12.0 Å². The number of carbonyl (C=O) groups is 2. The molecule has 6 nitrogen and oxygen atoms in total. The summed E-state index contributed by atoms with van der Waals surface area (Å²) in [5.74, 6) is 2.80. The number of rotatable bonds is 4. The van der Waals surface area contributed by atoms with Gasteiger partial charge >= 0.3 is 12.0 Å². The lowest BCUT2D eigenvalue weighted by Gasteiger charge is -2.54. The monoisotopic (exact) mass is 384 g/mol. The molecule has 150 valence electrons. The molecule has 4 saturated carbocycles.